The third-order valence-corrected chi connectivity index (χ3v) is 2.86. The second kappa shape index (κ2) is 3.57. The number of benzene rings is 1. The first kappa shape index (κ1) is 10.0. The van der Waals surface area contributed by atoms with Crippen LogP contribution in [0, 0.1) is 19.8 Å². The van der Waals surface area contributed by atoms with Crippen molar-refractivity contribution in [2.24, 2.45) is 5.92 Å². The van der Waals surface area contributed by atoms with E-state index in [1.165, 1.54) is 5.56 Å². The molecule has 1 atom stereocenters. The molecule has 1 N–H and O–H groups in total. The third-order valence-electron chi connectivity index (χ3n) is 2.86. The lowest BCUT2D eigenvalue weighted by molar-refractivity contribution is -0.119. The van der Waals surface area contributed by atoms with Crippen molar-refractivity contribution in [3.63, 3.8) is 0 Å². The zero-order valence-corrected chi connectivity index (χ0v) is 9.26. The number of amides is 1. The van der Waals surface area contributed by atoms with Gasteiger partial charge in [-0.3, -0.25) is 4.79 Å². The number of anilines is 1. The van der Waals surface area contributed by atoms with Gasteiger partial charge in [0.25, 0.3) is 0 Å². The summed E-state index contributed by atoms with van der Waals surface area (Å²) in [5, 5.41) is 2.88. The first-order chi connectivity index (χ1) is 7.09. The number of hydrogen-bond donors (Lipinski definition) is 1. The fourth-order valence-corrected chi connectivity index (χ4v) is 1.61. The molecule has 1 amide bonds. The summed E-state index contributed by atoms with van der Waals surface area (Å²) in [5.74, 6) is 0.738. The van der Waals surface area contributed by atoms with Gasteiger partial charge < -0.3 is 10.1 Å². The zero-order chi connectivity index (χ0) is 11.0. The second-order valence-electron chi connectivity index (χ2n) is 4.09. The fourth-order valence-electron chi connectivity index (χ4n) is 1.61. The lowest BCUT2D eigenvalue weighted by atomic mass is 10.1. The number of fused-ring (bicyclic) bond motifs is 1. The Hall–Kier alpha value is -1.51. The number of rotatable bonds is 0. The molecule has 0 fully saturated rings. The molecule has 0 aromatic heterocycles. The Labute approximate surface area is 89.4 Å². The van der Waals surface area contributed by atoms with Crippen LogP contribution in [0.25, 0.3) is 0 Å². The van der Waals surface area contributed by atoms with Crippen LogP contribution < -0.4 is 10.1 Å². The Morgan fingerprint density at radius 2 is 2.13 bits per heavy atom. The molecule has 3 heteroatoms. The third kappa shape index (κ3) is 1.69. The van der Waals surface area contributed by atoms with Gasteiger partial charge in [0, 0.05) is 0 Å². The maximum absolute atomic E-state index is 11.6. The second-order valence-corrected chi connectivity index (χ2v) is 4.09. The van der Waals surface area contributed by atoms with Crippen molar-refractivity contribution in [3.8, 4) is 5.75 Å². The highest BCUT2D eigenvalue weighted by atomic mass is 16.5. The van der Waals surface area contributed by atoms with E-state index in [2.05, 4.69) is 5.32 Å². The van der Waals surface area contributed by atoms with Crippen molar-refractivity contribution < 1.29 is 9.53 Å². The van der Waals surface area contributed by atoms with Gasteiger partial charge in [-0.25, -0.2) is 0 Å². The molecule has 15 heavy (non-hydrogen) atoms. The molecule has 1 aromatic rings. The predicted octanol–water partition coefficient (Wildman–Crippen LogP) is 2.27. The van der Waals surface area contributed by atoms with Crippen LogP contribution >= 0.6 is 0 Å². The average Bonchev–Trinajstić information content (AvgIpc) is 2.35. The SMILES string of the molecule is Cc1ccc2c(c1C)OCC(C)C(=O)N2. The van der Waals surface area contributed by atoms with Gasteiger partial charge in [-0.05, 0) is 31.0 Å². The lowest BCUT2D eigenvalue weighted by Crippen LogP contribution is -2.21. The molecule has 80 valence electrons. The molecule has 1 aliphatic rings. The highest BCUT2D eigenvalue weighted by Gasteiger charge is 2.22. The van der Waals surface area contributed by atoms with Crippen LogP contribution in [-0.2, 0) is 4.79 Å². The normalized spacial score (nSPS) is 19.9. The minimum Gasteiger partial charge on any atom is -0.490 e. The number of carbonyl (C=O) groups excluding carboxylic acids is 1. The molecule has 1 heterocycles. The van der Waals surface area contributed by atoms with Gasteiger partial charge in [0.05, 0.1) is 18.2 Å². The zero-order valence-electron chi connectivity index (χ0n) is 9.26. The Morgan fingerprint density at radius 3 is 2.87 bits per heavy atom. The van der Waals surface area contributed by atoms with E-state index < -0.39 is 0 Å². The maximum atomic E-state index is 11.6. The molecular formula is C12H15NO2. The number of aryl methyl sites for hydroxylation is 1. The highest BCUT2D eigenvalue weighted by molar-refractivity contribution is 5.94. The lowest BCUT2D eigenvalue weighted by Gasteiger charge is -2.11. The summed E-state index contributed by atoms with van der Waals surface area (Å²) in [6, 6.07) is 3.89. The summed E-state index contributed by atoms with van der Waals surface area (Å²) < 4.78 is 5.66. The van der Waals surface area contributed by atoms with Gasteiger partial charge in [-0.2, -0.15) is 0 Å². The van der Waals surface area contributed by atoms with E-state index >= 15 is 0 Å². The summed E-state index contributed by atoms with van der Waals surface area (Å²) in [7, 11) is 0. The minimum absolute atomic E-state index is 0.0250. The largest absolute Gasteiger partial charge is 0.490 e. The first-order valence-corrected chi connectivity index (χ1v) is 5.13. The quantitative estimate of drug-likeness (QED) is 0.705. The standard InChI is InChI=1S/C12H15NO2/c1-7-4-5-10-11(9(7)3)15-6-8(2)12(14)13-10/h4-5,8H,6H2,1-3H3,(H,13,14). The van der Waals surface area contributed by atoms with Crippen LogP contribution in [0.15, 0.2) is 12.1 Å². The first-order valence-electron chi connectivity index (χ1n) is 5.13. The van der Waals surface area contributed by atoms with Gasteiger partial charge in [-0.1, -0.05) is 13.0 Å². The fraction of sp³-hybridized carbons (Fsp3) is 0.417. The molecule has 1 unspecified atom stereocenters. The molecule has 3 nitrogen and oxygen atoms in total. The summed E-state index contributed by atoms with van der Waals surface area (Å²) in [6.45, 7) is 6.36. The summed E-state index contributed by atoms with van der Waals surface area (Å²) >= 11 is 0. The van der Waals surface area contributed by atoms with Crippen LogP contribution in [-0.4, -0.2) is 12.5 Å². The molecule has 0 saturated heterocycles. The highest BCUT2D eigenvalue weighted by Crippen LogP contribution is 2.33. The molecule has 2 rings (SSSR count). The Kier molecular flexibility index (Phi) is 2.39. The molecule has 1 aromatic carbocycles. The van der Waals surface area contributed by atoms with Crippen LogP contribution in [0.2, 0.25) is 0 Å². The number of hydrogen-bond acceptors (Lipinski definition) is 2. The van der Waals surface area contributed by atoms with E-state index in [0.29, 0.717) is 6.61 Å². The van der Waals surface area contributed by atoms with E-state index in [4.69, 9.17) is 4.74 Å². The van der Waals surface area contributed by atoms with Gasteiger partial charge in [0.1, 0.15) is 5.75 Å². The van der Waals surface area contributed by atoms with Gasteiger partial charge in [0.2, 0.25) is 5.91 Å². The van der Waals surface area contributed by atoms with Crippen molar-refractivity contribution in [2.45, 2.75) is 20.8 Å². The monoisotopic (exact) mass is 205 g/mol. The van der Waals surface area contributed by atoms with Crippen LogP contribution in [0.1, 0.15) is 18.1 Å². The smallest absolute Gasteiger partial charge is 0.230 e. The maximum Gasteiger partial charge on any atom is 0.230 e. The van der Waals surface area contributed by atoms with Crippen molar-refractivity contribution >= 4 is 11.6 Å². The van der Waals surface area contributed by atoms with Crippen LogP contribution in [0.3, 0.4) is 0 Å². The molecule has 0 aliphatic carbocycles. The van der Waals surface area contributed by atoms with Crippen molar-refractivity contribution in [2.75, 3.05) is 11.9 Å². The molecule has 0 radical (unpaired) electrons. The molecule has 1 aliphatic heterocycles. The predicted molar refractivity (Wildman–Crippen MR) is 59.2 cm³/mol. The molecule has 0 saturated carbocycles. The Balaban J connectivity index is 2.47. The van der Waals surface area contributed by atoms with Crippen molar-refractivity contribution in [1.29, 1.82) is 0 Å². The molecule has 0 spiro atoms. The molecular weight excluding hydrogens is 190 g/mol. The summed E-state index contributed by atoms with van der Waals surface area (Å²) in [5.41, 5.74) is 3.06. The summed E-state index contributed by atoms with van der Waals surface area (Å²) in [6.07, 6.45) is 0. The van der Waals surface area contributed by atoms with E-state index in [1.54, 1.807) is 0 Å². The van der Waals surface area contributed by atoms with Crippen molar-refractivity contribution in [3.05, 3.63) is 23.3 Å². The Morgan fingerprint density at radius 1 is 1.40 bits per heavy atom. The molecule has 0 bridgehead atoms. The van der Waals surface area contributed by atoms with Crippen LogP contribution in [0.4, 0.5) is 5.69 Å². The van der Waals surface area contributed by atoms with Crippen molar-refractivity contribution in [1.82, 2.24) is 0 Å². The number of ether oxygens (including phenoxy) is 1. The van der Waals surface area contributed by atoms with E-state index in [1.807, 2.05) is 32.9 Å². The topological polar surface area (TPSA) is 38.3 Å². The van der Waals surface area contributed by atoms with E-state index in [9.17, 15) is 4.79 Å². The van der Waals surface area contributed by atoms with E-state index in [-0.39, 0.29) is 11.8 Å². The van der Waals surface area contributed by atoms with Gasteiger partial charge in [0.15, 0.2) is 0 Å². The van der Waals surface area contributed by atoms with Crippen LogP contribution in [0.5, 0.6) is 5.75 Å². The summed E-state index contributed by atoms with van der Waals surface area (Å²) in [4.78, 5) is 11.6. The number of nitrogens with one attached hydrogen (secondary N) is 1. The van der Waals surface area contributed by atoms with Gasteiger partial charge in [-0.15, -0.1) is 0 Å². The Bertz CT molecular complexity index is 412. The van der Waals surface area contributed by atoms with Gasteiger partial charge >= 0.3 is 0 Å². The minimum atomic E-state index is -0.0999. The number of carbonyl (C=O) groups is 1. The van der Waals surface area contributed by atoms with E-state index in [0.717, 1.165) is 17.0 Å². The average molecular weight is 205 g/mol.